The van der Waals surface area contributed by atoms with Crippen LogP contribution in [0, 0.1) is 11.3 Å². The van der Waals surface area contributed by atoms with E-state index in [0.29, 0.717) is 0 Å². The summed E-state index contributed by atoms with van der Waals surface area (Å²) in [5, 5.41) is 8.69. The third-order valence-corrected chi connectivity index (χ3v) is 2.48. The fraction of sp³-hybridized carbons (Fsp3) is 0.364. The minimum Gasteiger partial charge on any atom is -0.192 e. The highest BCUT2D eigenvalue weighted by atomic mass is 35.5. The normalized spacial score (nSPS) is 13.8. The first-order chi connectivity index (χ1) is 5.90. The molecule has 1 nitrogen and oxygen atoms in total. The molecule has 0 aliphatic heterocycles. The summed E-state index contributed by atoms with van der Waals surface area (Å²) >= 11 is 0. The quantitative estimate of drug-likeness (QED) is 0.622. The Kier molecular flexibility index (Phi) is 3.33. The van der Waals surface area contributed by atoms with Crippen molar-refractivity contribution in [2.75, 3.05) is 0 Å². The van der Waals surface area contributed by atoms with Crippen LogP contribution in [0.1, 0.15) is 29.5 Å². The van der Waals surface area contributed by atoms with Crippen molar-refractivity contribution in [2.45, 2.75) is 25.7 Å². The number of nitriles is 1. The van der Waals surface area contributed by atoms with Gasteiger partial charge in [0.15, 0.2) is 0 Å². The van der Waals surface area contributed by atoms with E-state index >= 15 is 0 Å². The van der Waals surface area contributed by atoms with Crippen molar-refractivity contribution in [1.29, 1.82) is 5.26 Å². The summed E-state index contributed by atoms with van der Waals surface area (Å²) in [5.41, 5.74) is 3.64. The van der Waals surface area contributed by atoms with Gasteiger partial charge in [-0.15, -0.1) is 12.4 Å². The van der Waals surface area contributed by atoms with Crippen LogP contribution in [-0.4, -0.2) is 0 Å². The number of benzene rings is 1. The topological polar surface area (TPSA) is 23.8 Å². The molecule has 13 heavy (non-hydrogen) atoms. The van der Waals surface area contributed by atoms with Crippen molar-refractivity contribution in [1.82, 2.24) is 0 Å². The zero-order valence-electron chi connectivity index (χ0n) is 7.42. The van der Waals surface area contributed by atoms with E-state index in [1.807, 2.05) is 12.1 Å². The minimum atomic E-state index is 0. The molecule has 1 aromatic carbocycles. The summed E-state index contributed by atoms with van der Waals surface area (Å²) in [4.78, 5) is 0. The first-order valence-corrected chi connectivity index (χ1v) is 4.42. The Morgan fingerprint density at radius 3 is 2.46 bits per heavy atom. The molecular formula is C11H12ClN. The molecule has 1 aliphatic carbocycles. The maximum absolute atomic E-state index is 8.69. The number of hydrogen-bond acceptors (Lipinski definition) is 1. The molecule has 0 unspecified atom stereocenters. The molecule has 0 heterocycles. The molecule has 0 bridgehead atoms. The molecule has 1 aromatic rings. The number of hydrogen-bond donors (Lipinski definition) is 0. The lowest BCUT2D eigenvalue weighted by Gasteiger charge is -2.14. The summed E-state index contributed by atoms with van der Waals surface area (Å²) < 4.78 is 0. The average Bonchev–Trinajstić information content (AvgIpc) is 2.17. The van der Waals surface area contributed by atoms with Crippen LogP contribution < -0.4 is 0 Å². The molecule has 0 fully saturated rings. The van der Waals surface area contributed by atoms with Gasteiger partial charge in [-0.1, -0.05) is 6.07 Å². The van der Waals surface area contributed by atoms with E-state index < -0.39 is 0 Å². The van der Waals surface area contributed by atoms with Crippen LogP contribution in [0.25, 0.3) is 0 Å². The Hall–Kier alpha value is -1.00. The molecule has 2 heteroatoms. The van der Waals surface area contributed by atoms with Gasteiger partial charge < -0.3 is 0 Å². The SMILES string of the molecule is Cl.N#Cc1ccc2c(c1)CCCC2. The van der Waals surface area contributed by atoms with E-state index in [-0.39, 0.29) is 12.4 Å². The van der Waals surface area contributed by atoms with Crippen LogP contribution >= 0.6 is 12.4 Å². The highest BCUT2D eigenvalue weighted by molar-refractivity contribution is 5.85. The van der Waals surface area contributed by atoms with E-state index in [1.165, 1.54) is 30.4 Å². The van der Waals surface area contributed by atoms with E-state index in [1.54, 1.807) is 0 Å². The van der Waals surface area contributed by atoms with Crippen molar-refractivity contribution >= 4 is 12.4 Å². The summed E-state index contributed by atoms with van der Waals surface area (Å²) in [6.07, 6.45) is 4.94. The predicted molar refractivity (Wildman–Crippen MR) is 55.0 cm³/mol. The standard InChI is InChI=1S/C11H11N.ClH/c12-8-9-5-6-10-3-1-2-4-11(10)7-9;/h5-7H,1-4H2;1H. The van der Waals surface area contributed by atoms with E-state index in [9.17, 15) is 0 Å². The smallest absolute Gasteiger partial charge is 0.0991 e. The van der Waals surface area contributed by atoms with Crippen LogP contribution in [-0.2, 0) is 12.8 Å². The summed E-state index contributed by atoms with van der Waals surface area (Å²) in [7, 11) is 0. The van der Waals surface area contributed by atoms with Crippen molar-refractivity contribution in [3.05, 3.63) is 34.9 Å². The lowest BCUT2D eigenvalue weighted by Crippen LogP contribution is -2.02. The van der Waals surface area contributed by atoms with Crippen molar-refractivity contribution in [3.8, 4) is 6.07 Å². The predicted octanol–water partition coefficient (Wildman–Crippen LogP) is 2.86. The largest absolute Gasteiger partial charge is 0.192 e. The van der Waals surface area contributed by atoms with Gasteiger partial charge in [-0.3, -0.25) is 0 Å². The Morgan fingerprint density at radius 2 is 1.77 bits per heavy atom. The Labute approximate surface area is 84.8 Å². The molecule has 0 saturated heterocycles. The zero-order valence-corrected chi connectivity index (χ0v) is 8.23. The lowest BCUT2D eigenvalue weighted by atomic mass is 9.91. The fourth-order valence-electron chi connectivity index (χ4n) is 1.80. The van der Waals surface area contributed by atoms with E-state index in [4.69, 9.17) is 5.26 Å². The number of aryl methyl sites for hydroxylation is 2. The van der Waals surface area contributed by atoms with E-state index in [0.717, 1.165) is 12.0 Å². The molecule has 0 saturated carbocycles. The Morgan fingerprint density at radius 1 is 1.08 bits per heavy atom. The zero-order chi connectivity index (χ0) is 8.39. The van der Waals surface area contributed by atoms with Crippen molar-refractivity contribution < 1.29 is 0 Å². The van der Waals surface area contributed by atoms with Gasteiger partial charge in [0.05, 0.1) is 11.6 Å². The van der Waals surface area contributed by atoms with Gasteiger partial charge in [-0.25, -0.2) is 0 Å². The number of nitrogens with zero attached hydrogens (tertiary/aromatic N) is 1. The van der Waals surface area contributed by atoms with E-state index in [2.05, 4.69) is 12.1 Å². The van der Waals surface area contributed by atoms with Gasteiger partial charge in [-0.05, 0) is 48.9 Å². The first kappa shape index (κ1) is 10.1. The molecule has 2 rings (SSSR count). The fourth-order valence-corrected chi connectivity index (χ4v) is 1.80. The third-order valence-electron chi connectivity index (χ3n) is 2.48. The van der Waals surface area contributed by atoms with Gasteiger partial charge in [0.25, 0.3) is 0 Å². The summed E-state index contributed by atoms with van der Waals surface area (Å²) in [5.74, 6) is 0. The summed E-state index contributed by atoms with van der Waals surface area (Å²) in [6.45, 7) is 0. The first-order valence-electron chi connectivity index (χ1n) is 4.42. The highest BCUT2D eigenvalue weighted by Crippen LogP contribution is 2.21. The maximum atomic E-state index is 8.69. The third kappa shape index (κ3) is 2.02. The van der Waals surface area contributed by atoms with Crippen molar-refractivity contribution in [3.63, 3.8) is 0 Å². The second-order valence-corrected chi connectivity index (χ2v) is 3.30. The molecule has 0 spiro atoms. The second kappa shape index (κ2) is 4.30. The molecule has 0 N–H and O–H groups in total. The van der Waals surface area contributed by atoms with Gasteiger partial charge in [0, 0.05) is 0 Å². The van der Waals surface area contributed by atoms with Gasteiger partial charge >= 0.3 is 0 Å². The maximum Gasteiger partial charge on any atom is 0.0991 e. The molecule has 0 radical (unpaired) electrons. The van der Waals surface area contributed by atoms with Crippen molar-refractivity contribution in [2.24, 2.45) is 0 Å². The molecule has 0 atom stereocenters. The van der Waals surface area contributed by atoms with Crippen LogP contribution in [0.4, 0.5) is 0 Å². The molecular weight excluding hydrogens is 182 g/mol. The number of rotatable bonds is 0. The van der Waals surface area contributed by atoms with Crippen LogP contribution in [0.15, 0.2) is 18.2 Å². The molecule has 1 aliphatic rings. The van der Waals surface area contributed by atoms with Gasteiger partial charge in [0.2, 0.25) is 0 Å². The highest BCUT2D eigenvalue weighted by Gasteiger charge is 2.08. The Bertz CT molecular complexity index is 338. The van der Waals surface area contributed by atoms with Crippen LogP contribution in [0.2, 0.25) is 0 Å². The number of fused-ring (bicyclic) bond motifs is 1. The van der Waals surface area contributed by atoms with Crippen LogP contribution in [0.3, 0.4) is 0 Å². The average molecular weight is 194 g/mol. The second-order valence-electron chi connectivity index (χ2n) is 3.30. The molecule has 0 aromatic heterocycles. The minimum absolute atomic E-state index is 0. The lowest BCUT2D eigenvalue weighted by molar-refractivity contribution is 0.685. The molecule has 68 valence electrons. The van der Waals surface area contributed by atoms with Gasteiger partial charge in [0.1, 0.15) is 0 Å². The monoisotopic (exact) mass is 193 g/mol. The number of halogens is 1. The molecule has 0 amide bonds. The summed E-state index contributed by atoms with van der Waals surface area (Å²) in [6, 6.07) is 8.24. The van der Waals surface area contributed by atoms with Crippen LogP contribution in [0.5, 0.6) is 0 Å². The van der Waals surface area contributed by atoms with Gasteiger partial charge in [-0.2, -0.15) is 5.26 Å². The Balaban J connectivity index is 0.000000845.